The highest BCUT2D eigenvalue weighted by Gasteiger charge is 2.18. The minimum absolute atomic E-state index is 0.286. The number of H-pyrrole nitrogens is 1. The Kier molecular flexibility index (Phi) is 2.68. The number of aromatic amines is 1. The lowest BCUT2D eigenvalue weighted by Crippen LogP contribution is -2.04. The van der Waals surface area contributed by atoms with Gasteiger partial charge in [-0.25, -0.2) is 4.98 Å². The molecule has 0 spiro atoms. The minimum atomic E-state index is 0.286. The fraction of sp³-hybridized carbons (Fsp3) is 0.308. The average Bonchev–Trinajstić information content (AvgIpc) is 2.96. The molecule has 0 saturated heterocycles. The predicted molar refractivity (Wildman–Crippen MR) is 67.6 cm³/mol. The zero-order chi connectivity index (χ0) is 12.5. The topological polar surface area (TPSA) is 73.2 Å². The Morgan fingerprint density at radius 3 is 2.89 bits per heavy atom. The summed E-state index contributed by atoms with van der Waals surface area (Å²) in [4.78, 5) is 7.52. The minimum Gasteiger partial charge on any atom is -0.454 e. The molecule has 0 fully saturated rings. The molecule has 3 rings (SSSR count). The van der Waals surface area contributed by atoms with Crippen LogP contribution in [0.3, 0.4) is 0 Å². The molecule has 0 unspecified atom stereocenters. The maximum atomic E-state index is 5.60. The number of hydrogen-bond donors (Lipinski definition) is 2. The Balaban J connectivity index is 2.08. The van der Waals surface area contributed by atoms with Gasteiger partial charge in [-0.05, 0) is 31.2 Å². The Morgan fingerprint density at radius 2 is 2.11 bits per heavy atom. The van der Waals surface area contributed by atoms with Crippen LogP contribution in [0.2, 0.25) is 0 Å². The lowest BCUT2D eigenvalue weighted by Gasteiger charge is -2.07. The first-order valence-electron chi connectivity index (χ1n) is 5.92. The molecular formula is C13H15N3O2. The van der Waals surface area contributed by atoms with Gasteiger partial charge in [0, 0.05) is 17.7 Å². The van der Waals surface area contributed by atoms with E-state index in [1.165, 1.54) is 0 Å². The highest BCUT2D eigenvalue weighted by molar-refractivity contribution is 5.70. The molecule has 2 heterocycles. The third-order valence-corrected chi connectivity index (χ3v) is 3.09. The number of ether oxygens (including phenoxy) is 2. The van der Waals surface area contributed by atoms with Gasteiger partial charge in [-0.2, -0.15) is 0 Å². The second-order valence-electron chi connectivity index (χ2n) is 4.29. The van der Waals surface area contributed by atoms with Crippen LogP contribution >= 0.6 is 0 Å². The molecule has 5 nitrogen and oxygen atoms in total. The molecule has 0 aliphatic carbocycles. The maximum absolute atomic E-state index is 5.60. The summed E-state index contributed by atoms with van der Waals surface area (Å²) < 4.78 is 10.8. The Morgan fingerprint density at radius 1 is 1.33 bits per heavy atom. The molecular weight excluding hydrogens is 230 g/mol. The van der Waals surface area contributed by atoms with Crippen LogP contribution in [-0.2, 0) is 6.42 Å². The molecule has 2 aromatic rings. The van der Waals surface area contributed by atoms with Crippen molar-refractivity contribution in [3.63, 3.8) is 0 Å². The van der Waals surface area contributed by atoms with E-state index in [0.717, 1.165) is 40.4 Å². The first-order valence-corrected chi connectivity index (χ1v) is 5.92. The molecule has 94 valence electrons. The highest BCUT2D eigenvalue weighted by atomic mass is 16.7. The van der Waals surface area contributed by atoms with Crippen LogP contribution < -0.4 is 15.2 Å². The summed E-state index contributed by atoms with van der Waals surface area (Å²) >= 11 is 0. The van der Waals surface area contributed by atoms with Crippen molar-refractivity contribution in [1.82, 2.24) is 9.97 Å². The van der Waals surface area contributed by atoms with E-state index < -0.39 is 0 Å². The molecule has 1 aromatic carbocycles. The molecule has 0 bridgehead atoms. The van der Waals surface area contributed by atoms with Crippen molar-refractivity contribution in [2.75, 3.05) is 13.3 Å². The number of aryl methyl sites for hydroxylation is 1. The van der Waals surface area contributed by atoms with Gasteiger partial charge >= 0.3 is 0 Å². The number of nitrogens with one attached hydrogen (secondary N) is 1. The predicted octanol–water partition coefficient (Wildman–Crippen LogP) is 1.62. The van der Waals surface area contributed by atoms with Gasteiger partial charge in [0.15, 0.2) is 11.5 Å². The fourth-order valence-corrected chi connectivity index (χ4v) is 2.19. The van der Waals surface area contributed by atoms with Crippen LogP contribution in [0, 0.1) is 6.92 Å². The van der Waals surface area contributed by atoms with E-state index in [2.05, 4.69) is 9.97 Å². The second kappa shape index (κ2) is 4.34. The smallest absolute Gasteiger partial charge is 0.231 e. The summed E-state index contributed by atoms with van der Waals surface area (Å²) in [6.07, 6.45) is 2.48. The Labute approximate surface area is 105 Å². The van der Waals surface area contributed by atoms with Crippen molar-refractivity contribution in [2.45, 2.75) is 13.3 Å². The number of nitrogens with zero attached hydrogens (tertiary/aromatic N) is 1. The van der Waals surface area contributed by atoms with Gasteiger partial charge in [-0.15, -0.1) is 0 Å². The normalized spacial score (nSPS) is 13.0. The first kappa shape index (κ1) is 11.1. The second-order valence-corrected chi connectivity index (χ2v) is 4.29. The molecule has 0 atom stereocenters. The number of hydrogen-bond acceptors (Lipinski definition) is 4. The summed E-state index contributed by atoms with van der Waals surface area (Å²) in [6, 6.07) is 3.96. The van der Waals surface area contributed by atoms with Crippen LogP contribution in [0.5, 0.6) is 11.5 Å². The first-order chi connectivity index (χ1) is 8.79. The largest absolute Gasteiger partial charge is 0.454 e. The number of aromatic nitrogens is 2. The molecule has 1 aromatic heterocycles. The summed E-state index contributed by atoms with van der Waals surface area (Å²) in [5, 5.41) is 0. The van der Waals surface area contributed by atoms with Gasteiger partial charge in [0.25, 0.3) is 0 Å². The van der Waals surface area contributed by atoms with Crippen LogP contribution in [0.4, 0.5) is 0 Å². The van der Waals surface area contributed by atoms with Crippen molar-refractivity contribution >= 4 is 0 Å². The lowest BCUT2D eigenvalue weighted by molar-refractivity contribution is 0.174. The van der Waals surface area contributed by atoms with Crippen molar-refractivity contribution in [3.8, 4) is 22.8 Å². The Bertz CT molecular complexity index is 578. The quantitative estimate of drug-likeness (QED) is 0.861. The fourth-order valence-electron chi connectivity index (χ4n) is 2.19. The van der Waals surface area contributed by atoms with Gasteiger partial charge in [0.05, 0.1) is 12.0 Å². The zero-order valence-corrected chi connectivity index (χ0v) is 10.2. The van der Waals surface area contributed by atoms with Gasteiger partial charge in [0.2, 0.25) is 6.79 Å². The number of fused-ring (bicyclic) bond motifs is 1. The molecule has 18 heavy (non-hydrogen) atoms. The third-order valence-electron chi connectivity index (χ3n) is 3.09. The molecule has 0 radical (unpaired) electrons. The van der Waals surface area contributed by atoms with E-state index in [1.54, 1.807) is 6.33 Å². The standard InChI is InChI=1S/C13H15N3O2/c1-8-4-11-12(18-7-17-11)5-9(8)13-10(2-3-14)15-6-16-13/h4-6H,2-3,7,14H2,1H3,(H,15,16). The summed E-state index contributed by atoms with van der Waals surface area (Å²) in [5.41, 5.74) is 9.77. The number of nitrogens with two attached hydrogens (primary N) is 1. The van der Waals surface area contributed by atoms with Gasteiger partial charge in [0.1, 0.15) is 0 Å². The van der Waals surface area contributed by atoms with Crippen LogP contribution in [0.1, 0.15) is 11.3 Å². The van der Waals surface area contributed by atoms with Crippen molar-refractivity contribution in [3.05, 3.63) is 29.7 Å². The van der Waals surface area contributed by atoms with E-state index in [-0.39, 0.29) is 6.79 Å². The Hall–Kier alpha value is -2.01. The highest BCUT2D eigenvalue weighted by Crippen LogP contribution is 2.38. The van der Waals surface area contributed by atoms with Crippen molar-refractivity contribution in [2.24, 2.45) is 5.73 Å². The molecule has 1 aliphatic heterocycles. The summed E-state index contributed by atoms with van der Waals surface area (Å²) in [6.45, 7) is 2.92. The van der Waals surface area contributed by atoms with E-state index in [4.69, 9.17) is 15.2 Å². The SMILES string of the molecule is Cc1cc2c(cc1-c1nc[nH]c1CCN)OCO2. The van der Waals surface area contributed by atoms with Gasteiger partial charge < -0.3 is 20.2 Å². The molecule has 1 aliphatic rings. The molecule has 5 heteroatoms. The van der Waals surface area contributed by atoms with Gasteiger partial charge in [-0.1, -0.05) is 0 Å². The summed E-state index contributed by atoms with van der Waals surface area (Å²) in [5.74, 6) is 1.57. The molecule has 0 saturated carbocycles. The van der Waals surface area contributed by atoms with E-state index in [0.29, 0.717) is 6.54 Å². The average molecular weight is 245 g/mol. The third kappa shape index (κ3) is 1.73. The molecule has 0 amide bonds. The van der Waals surface area contributed by atoms with E-state index in [9.17, 15) is 0 Å². The van der Waals surface area contributed by atoms with E-state index >= 15 is 0 Å². The van der Waals surface area contributed by atoms with Crippen LogP contribution in [0.25, 0.3) is 11.3 Å². The maximum Gasteiger partial charge on any atom is 0.231 e. The van der Waals surface area contributed by atoms with Crippen LogP contribution in [-0.4, -0.2) is 23.3 Å². The van der Waals surface area contributed by atoms with E-state index in [1.807, 2.05) is 19.1 Å². The van der Waals surface area contributed by atoms with Crippen molar-refractivity contribution < 1.29 is 9.47 Å². The number of rotatable bonds is 3. The monoisotopic (exact) mass is 245 g/mol. The number of benzene rings is 1. The lowest BCUT2D eigenvalue weighted by atomic mass is 10.0. The van der Waals surface area contributed by atoms with Crippen LogP contribution in [0.15, 0.2) is 18.5 Å². The summed E-state index contributed by atoms with van der Waals surface area (Å²) in [7, 11) is 0. The zero-order valence-electron chi connectivity index (χ0n) is 10.2. The van der Waals surface area contributed by atoms with Gasteiger partial charge in [-0.3, -0.25) is 0 Å². The number of imidazole rings is 1. The molecule has 3 N–H and O–H groups in total. The van der Waals surface area contributed by atoms with Crippen molar-refractivity contribution in [1.29, 1.82) is 0 Å².